The van der Waals surface area contributed by atoms with E-state index in [9.17, 15) is 9.59 Å². The molecule has 0 bridgehead atoms. The lowest BCUT2D eigenvalue weighted by Crippen LogP contribution is -2.43. The second-order valence-corrected chi connectivity index (χ2v) is 9.34. The Morgan fingerprint density at radius 1 is 1.12 bits per heavy atom. The van der Waals surface area contributed by atoms with Crippen LogP contribution in [-0.2, 0) is 16.7 Å². The number of hydrogen-bond acceptors (Lipinski definition) is 4. The van der Waals surface area contributed by atoms with Crippen molar-refractivity contribution in [2.45, 2.75) is 39.7 Å². The van der Waals surface area contributed by atoms with Crippen molar-refractivity contribution in [3.63, 3.8) is 0 Å². The number of rotatable bonds is 7. The summed E-state index contributed by atoms with van der Waals surface area (Å²) in [7, 11) is 1.34. The molecule has 0 unspecified atom stereocenters. The van der Waals surface area contributed by atoms with E-state index in [1.165, 1.54) is 24.0 Å². The zero-order chi connectivity index (χ0) is 24.2. The first kappa shape index (κ1) is 24.3. The number of hydrogen-bond donors (Lipinski definition) is 2. The lowest BCUT2D eigenvalue weighted by atomic mass is 9.92. The molecule has 0 aliphatic carbocycles. The van der Waals surface area contributed by atoms with Crippen LogP contribution in [0.5, 0.6) is 0 Å². The number of esters is 1. The number of thiophene rings is 1. The van der Waals surface area contributed by atoms with E-state index in [1.807, 2.05) is 74.7 Å². The molecule has 0 fully saturated rings. The summed E-state index contributed by atoms with van der Waals surface area (Å²) in [5.41, 5.74) is 5.48. The highest BCUT2D eigenvalue weighted by Crippen LogP contribution is 2.36. The van der Waals surface area contributed by atoms with Crippen molar-refractivity contribution >= 4 is 33.9 Å². The van der Waals surface area contributed by atoms with Crippen LogP contribution in [0.15, 0.2) is 60.5 Å². The molecule has 1 heterocycles. The molecule has 3 rings (SSSR count). The van der Waals surface area contributed by atoms with E-state index in [-0.39, 0.29) is 0 Å². The highest BCUT2D eigenvalue weighted by atomic mass is 32.1. The fourth-order valence-electron chi connectivity index (χ4n) is 3.55. The summed E-state index contributed by atoms with van der Waals surface area (Å²) in [6.07, 6.45) is 0.936. The van der Waals surface area contributed by atoms with Crippen LogP contribution in [0.4, 0.5) is 9.80 Å². The summed E-state index contributed by atoms with van der Waals surface area (Å²) in [6, 6.07) is 15.6. The molecule has 33 heavy (non-hydrogen) atoms. The lowest BCUT2D eigenvalue weighted by molar-refractivity contribution is 0.0603. The van der Waals surface area contributed by atoms with Gasteiger partial charge in [-0.25, -0.2) is 9.59 Å². The van der Waals surface area contributed by atoms with Crippen molar-refractivity contribution in [1.29, 1.82) is 0 Å². The molecule has 172 valence electrons. The topological polar surface area (TPSA) is 67.4 Å². The van der Waals surface area contributed by atoms with Crippen LogP contribution in [0, 0.1) is 0 Å². The van der Waals surface area contributed by atoms with Gasteiger partial charge in [0.05, 0.1) is 12.6 Å². The first-order valence-corrected chi connectivity index (χ1v) is 11.7. The molecule has 0 aliphatic rings. The molecule has 0 atom stereocenters. The van der Waals surface area contributed by atoms with Crippen molar-refractivity contribution in [3.8, 4) is 11.1 Å². The molecule has 5 nitrogen and oxygen atoms in total. The number of nitrogens with one attached hydrogen (secondary N) is 2. The smallest absolute Gasteiger partial charge is 0.341 e. The summed E-state index contributed by atoms with van der Waals surface area (Å²) in [6.45, 7) is 11.9. The Bertz CT molecular complexity index is 1180. The number of carbonyl (C=O) groups excluding carboxylic acids is 2. The summed E-state index contributed by atoms with van der Waals surface area (Å²) in [5, 5.41) is 8.17. The molecule has 2 N–H and O–H groups in total. The maximum absolute atomic E-state index is 12.9. The van der Waals surface area contributed by atoms with Crippen LogP contribution in [0.2, 0.25) is 0 Å². The van der Waals surface area contributed by atoms with E-state index in [2.05, 4.69) is 24.1 Å². The third kappa shape index (κ3) is 5.52. The average Bonchev–Trinajstić information content (AvgIpc) is 3.21. The van der Waals surface area contributed by atoms with Gasteiger partial charge in [0.15, 0.2) is 0 Å². The molecule has 0 spiro atoms. The Balaban J connectivity index is 1.85. The second-order valence-electron chi connectivity index (χ2n) is 8.46. The Labute approximate surface area is 199 Å². The molecule has 3 aromatic rings. The van der Waals surface area contributed by atoms with Gasteiger partial charge in [-0.2, -0.15) is 0 Å². The molecule has 2 aromatic carbocycles. The summed E-state index contributed by atoms with van der Waals surface area (Å²) < 4.78 is 5.02. The van der Waals surface area contributed by atoms with E-state index in [0.717, 1.165) is 34.2 Å². The van der Waals surface area contributed by atoms with Crippen LogP contribution < -0.4 is 10.6 Å². The van der Waals surface area contributed by atoms with Gasteiger partial charge in [0.1, 0.15) is 10.6 Å². The monoisotopic (exact) mass is 462 g/mol. The molecular weight excluding hydrogens is 432 g/mol. The quantitative estimate of drug-likeness (QED) is 0.377. The number of aryl methyl sites for hydroxylation is 1. The molecule has 0 aliphatic heterocycles. The molecule has 0 saturated carbocycles. The van der Waals surface area contributed by atoms with E-state index in [0.29, 0.717) is 10.6 Å². The van der Waals surface area contributed by atoms with Crippen molar-refractivity contribution in [3.05, 3.63) is 82.7 Å². The van der Waals surface area contributed by atoms with E-state index in [1.54, 1.807) is 0 Å². The van der Waals surface area contributed by atoms with Gasteiger partial charge in [-0.15, -0.1) is 11.3 Å². The van der Waals surface area contributed by atoms with Gasteiger partial charge in [0, 0.05) is 10.9 Å². The molecule has 6 heteroatoms. The minimum absolute atomic E-state index is 0.351. The van der Waals surface area contributed by atoms with Crippen molar-refractivity contribution < 1.29 is 14.3 Å². The van der Waals surface area contributed by atoms with Crippen LogP contribution in [0.3, 0.4) is 0 Å². The van der Waals surface area contributed by atoms with Gasteiger partial charge < -0.3 is 10.1 Å². The maximum atomic E-state index is 12.9. The van der Waals surface area contributed by atoms with Crippen LogP contribution in [0.1, 0.15) is 54.7 Å². The van der Waals surface area contributed by atoms with Gasteiger partial charge in [-0.1, -0.05) is 61.5 Å². The predicted molar refractivity (Wildman–Crippen MR) is 137 cm³/mol. The minimum Gasteiger partial charge on any atom is -0.465 e. The normalized spacial score (nSPS) is 11.1. The predicted octanol–water partition coefficient (Wildman–Crippen LogP) is 6.85. The number of amides is 2. The van der Waals surface area contributed by atoms with Gasteiger partial charge in [0.25, 0.3) is 0 Å². The van der Waals surface area contributed by atoms with Crippen LogP contribution >= 0.6 is 11.3 Å². The van der Waals surface area contributed by atoms with Crippen molar-refractivity contribution in [2.75, 3.05) is 12.4 Å². The Hall–Kier alpha value is -3.38. The van der Waals surface area contributed by atoms with E-state index in [4.69, 9.17) is 4.74 Å². The van der Waals surface area contributed by atoms with Gasteiger partial charge in [-0.05, 0) is 55.5 Å². The van der Waals surface area contributed by atoms with E-state index >= 15 is 0 Å². The molecule has 1 aromatic heterocycles. The minimum atomic E-state index is -0.642. The Morgan fingerprint density at radius 2 is 1.82 bits per heavy atom. The highest BCUT2D eigenvalue weighted by molar-refractivity contribution is 7.15. The number of ether oxygens (including phenoxy) is 1. The number of methoxy groups -OCH3 is 1. The second kappa shape index (κ2) is 10.0. The number of urea groups is 1. The highest BCUT2D eigenvalue weighted by Gasteiger charge is 2.26. The van der Waals surface area contributed by atoms with Crippen molar-refractivity contribution in [2.24, 2.45) is 0 Å². The number of anilines is 1. The molecule has 0 saturated heterocycles. The molecular formula is C27H30N2O3S. The van der Waals surface area contributed by atoms with Gasteiger partial charge in [-0.3, -0.25) is 5.32 Å². The largest absolute Gasteiger partial charge is 0.465 e. The number of carbonyl (C=O) groups is 2. The zero-order valence-electron chi connectivity index (χ0n) is 19.7. The molecule has 2 amide bonds. The Kier molecular flexibility index (Phi) is 7.39. The van der Waals surface area contributed by atoms with Crippen LogP contribution in [-0.4, -0.2) is 19.1 Å². The first-order valence-electron chi connectivity index (χ1n) is 10.8. The van der Waals surface area contributed by atoms with Crippen molar-refractivity contribution in [1.82, 2.24) is 5.32 Å². The summed E-state index contributed by atoms with van der Waals surface area (Å²) in [5.74, 6) is -0.491. The average molecular weight is 463 g/mol. The lowest BCUT2D eigenvalue weighted by Gasteiger charge is -2.27. The summed E-state index contributed by atoms with van der Waals surface area (Å²) in [4.78, 5) is 25.5. The molecule has 0 radical (unpaired) electrons. The maximum Gasteiger partial charge on any atom is 0.341 e. The number of allylic oxidation sites excluding steroid dienone is 1. The Morgan fingerprint density at radius 3 is 2.42 bits per heavy atom. The third-order valence-electron chi connectivity index (χ3n) is 5.58. The zero-order valence-corrected chi connectivity index (χ0v) is 20.6. The third-order valence-corrected chi connectivity index (χ3v) is 6.48. The van der Waals surface area contributed by atoms with Gasteiger partial charge >= 0.3 is 12.0 Å². The summed E-state index contributed by atoms with van der Waals surface area (Å²) >= 11 is 1.30. The fourth-order valence-corrected chi connectivity index (χ4v) is 4.50. The SMILES string of the molecule is C=C(C)c1cccc(C(C)(C)NC(=O)Nc2scc(-c3ccc(CC)cc3)c2C(=O)OC)c1. The standard InChI is InChI=1S/C27H30N2O3S/c1-7-18-11-13-19(14-12-18)22-16-33-24(23(22)25(30)32-6)28-26(31)29-27(4,5)21-10-8-9-20(15-21)17(2)3/h8-16H,2,7H2,1,3-6H3,(H2,28,29,31). The fraction of sp³-hybridized carbons (Fsp3) is 0.259. The van der Waals surface area contributed by atoms with Gasteiger partial charge in [0.2, 0.25) is 0 Å². The number of benzene rings is 2. The first-order chi connectivity index (χ1) is 15.7. The van der Waals surface area contributed by atoms with Crippen LogP contribution in [0.25, 0.3) is 16.7 Å². The van der Waals surface area contributed by atoms with E-state index < -0.39 is 17.5 Å².